The van der Waals surface area contributed by atoms with E-state index >= 15 is 0 Å². The fourth-order valence-electron chi connectivity index (χ4n) is 2.27. The second-order valence-electron chi connectivity index (χ2n) is 4.65. The fraction of sp³-hybridized carbons (Fsp3) is 0.500. The summed E-state index contributed by atoms with van der Waals surface area (Å²) < 4.78 is 5.09. The Morgan fingerprint density at radius 2 is 1.84 bits per heavy atom. The molecule has 0 bridgehead atoms. The molecule has 0 spiro atoms. The number of methoxy groups -OCH3 is 1. The van der Waals surface area contributed by atoms with Crippen LogP contribution in [-0.4, -0.2) is 62.1 Å². The molecule has 1 aromatic rings. The molecule has 5 heteroatoms. The van der Waals surface area contributed by atoms with Gasteiger partial charge in [-0.25, -0.2) is 0 Å². The molecule has 1 aliphatic rings. The lowest BCUT2D eigenvalue weighted by atomic mass is 10.1. The van der Waals surface area contributed by atoms with Crippen molar-refractivity contribution in [2.75, 3.05) is 46.4 Å². The molecule has 1 aliphatic heterocycles. The van der Waals surface area contributed by atoms with Gasteiger partial charge in [-0.1, -0.05) is 0 Å². The molecule has 1 fully saturated rings. The zero-order valence-electron chi connectivity index (χ0n) is 11.3. The zero-order chi connectivity index (χ0) is 13.7. The molecule has 1 heterocycles. The molecule has 0 aromatic heterocycles. The maximum atomic E-state index is 12.3. The first-order chi connectivity index (χ1) is 9.24. The molecule has 1 aromatic carbocycles. The third-order valence-corrected chi connectivity index (χ3v) is 3.44. The second-order valence-corrected chi connectivity index (χ2v) is 4.65. The van der Waals surface area contributed by atoms with Crippen LogP contribution in [0, 0.1) is 0 Å². The van der Waals surface area contributed by atoms with Gasteiger partial charge in [0.25, 0.3) is 5.91 Å². The van der Waals surface area contributed by atoms with E-state index in [0.717, 1.165) is 38.5 Å². The van der Waals surface area contributed by atoms with Crippen molar-refractivity contribution in [1.82, 2.24) is 9.80 Å². The Morgan fingerprint density at radius 1 is 1.21 bits per heavy atom. The van der Waals surface area contributed by atoms with Crippen molar-refractivity contribution >= 4 is 5.91 Å². The summed E-state index contributed by atoms with van der Waals surface area (Å²) in [5.74, 6) is 0.861. The number of benzene rings is 1. The van der Waals surface area contributed by atoms with E-state index in [1.54, 1.807) is 7.11 Å². The molecule has 2 rings (SSSR count). The molecule has 0 radical (unpaired) electrons. The highest BCUT2D eigenvalue weighted by Gasteiger charge is 2.21. The van der Waals surface area contributed by atoms with E-state index in [1.165, 1.54) is 0 Å². The van der Waals surface area contributed by atoms with Crippen molar-refractivity contribution in [3.8, 4) is 5.75 Å². The van der Waals surface area contributed by atoms with Gasteiger partial charge in [0, 0.05) is 44.8 Å². The van der Waals surface area contributed by atoms with E-state index < -0.39 is 0 Å². The van der Waals surface area contributed by atoms with Gasteiger partial charge in [0.2, 0.25) is 0 Å². The van der Waals surface area contributed by atoms with Gasteiger partial charge in [-0.05, 0) is 24.3 Å². The first-order valence-electron chi connectivity index (χ1n) is 6.60. The summed E-state index contributed by atoms with van der Waals surface area (Å²) in [5.41, 5.74) is 6.25. The Balaban J connectivity index is 1.93. The van der Waals surface area contributed by atoms with Gasteiger partial charge in [0.1, 0.15) is 5.75 Å². The van der Waals surface area contributed by atoms with Crippen LogP contribution in [0.25, 0.3) is 0 Å². The molecule has 1 amide bonds. The predicted molar refractivity (Wildman–Crippen MR) is 74.4 cm³/mol. The monoisotopic (exact) mass is 263 g/mol. The van der Waals surface area contributed by atoms with E-state index in [0.29, 0.717) is 12.1 Å². The third-order valence-electron chi connectivity index (χ3n) is 3.44. The lowest BCUT2D eigenvalue weighted by molar-refractivity contribution is 0.0641. The number of hydrogen-bond donors (Lipinski definition) is 1. The zero-order valence-corrected chi connectivity index (χ0v) is 11.3. The summed E-state index contributed by atoms with van der Waals surface area (Å²) in [7, 11) is 1.62. The fourth-order valence-corrected chi connectivity index (χ4v) is 2.27. The molecule has 1 saturated heterocycles. The van der Waals surface area contributed by atoms with Crippen LogP contribution in [-0.2, 0) is 0 Å². The van der Waals surface area contributed by atoms with Crippen LogP contribution in [0.2, 0.25) is 0 Å². The van der Waals surface area contributed by atoms with Crippen molar-refractivity contribution in [2.24, 2.45) is 5.73 Å². The molecule has 0 aliphatic carbocycles. The Hall–Kier alpha value is -1.59. The minimum atomic E-state index is 0.0926. The van der Waals surface area contributed by atoms with Crippen LogP contribution in [0.4, 0.5) is 0 Å². The second kappa shape index (κ2) is 6.54. The molecule has 19 heavy (non-hydrogen) atoms. The number of ether oxygens (including phenoxy) is 1. The first-order valence-corrected chi connectivity index (χ1v) is 6.60. The first kappa shape index (κ1) is 13.8. The molecular formula is C14H21N3O2. The van der Waals surface area contributed by atoms with Crippen molar-refractivity contribution in [1.29, 1.82) is 0 Å². The van der Waals surface area contributed by atoms with E-state index in [1.807, 2.05) is 29.2 Å². The van der Waals surface area contributed by atoms with Gasteiger partial charge in [-0.2, -0.15) is 0 Å². The molecule has 5 nitrogen and oxygen atoms in total. The van der Waals surface area contributed by atoms with Gasteiger partial charge in [-0.3, -0.25) is 9.69 Å². The van der Waals surface area contributed by atoms with Gasteiger partial charge in [0.05, 0.1) is 7.11 Å². The molecular weight excluding hydrogens is 242 g/mol. The van der Waals surface area contributed by atoms with Crippen molar-refractivity contribution in [3.63, 3.8) is 0 Å². The van der Waals surface area contributed by atoms with E-state index in [4.69, 9.17) is 10.5 Å². The number of carbonyl (C=O) groups excluding carboxylic acids is 1. The SMILES string of the molecule is COc1ccc(C(=O)N2CCN(CCN)CC2)cc1. The lowest BCUT2D eigenvalue weighted by Crippen LogP contribution is -2.49. The highest BCUT2D eigenvalue weighted by Crippen LogP contribution is 2.14. The quantitative estimate of drug-likeness (QED) is 0.855. The van der Waals surface area contributed by atoms with Crippen LogP contribution in [0.5, 0.6) is 5.75 Å². The Morgan fingerprint density at radius 3 is 2.37 bits per heavy atom. The number of rotatable bonds is 4. The molecule has 2 N–H and O–H groups in total. The average Bonchev–Trinajstić information content (AvgIpc) is 2.48. The standard InChI is InChI=1S/C14H21N3O2/c1-19-13-4-2-12(3-5-13)14(18)17-10-8-16(7-6-15)9-11-17/h2-5H,6-11,15H2,1H3. The van der Waals surface area contributed by atoms with Crippen molar-refractivity contribution in [2.45, 2.75) is 0 Å². The minimum absolute atomic E-state index is 0.0926. The molecule has 0 saturated carbocycles. The lowest BCUT2D eigenvalue weighted by Gasteiger charge is -2.34. The van der Waals surface area contributed by atoms with Crippen LogP contribution in [0.15, 0.2) is 24.3 Å². The molecule has 104 valence electrons. The van der Waals surface area contributed by atoms with Crippen LogP contribution < -0.4 is 10.5 Å². The summed E-state index contributed by atoms with van der Waals surface area (Å²) >= 11 is 0. The normalized spacial score (nSPS) is 16.4. The highest BCUT2D eigenvalue weighted by atomic mass is 16.5. The maximum absolute atomic E-state index is 12.3. The van der Waals surface area contributed by atoms with E-state index in [2.05, 4.69) is 4.90 Å². The van der Waals surface area contributed by atoms with Gasteiger partial charge in [0.15, 0.2) is 0 Å². The van der Waals surface area contributed by atoms with Crippen molar-refractivity contribution < 1.29 is 9.53 Å². The van der Waals surface area contributed by atoms with Crippen molar-refractivity contribution in [3.05, 3.63) is 29.8 Å². The van der Waals surface area contributed by atoms with E-state index in [9.17, 15) is 4.79 Å². The summed E-state index contributed by atoms with van der Waals surface area (Å²) in [5, 5.41) is 0. The summed E-state index contributed by atoms with van der Waals surface area (Å²) in [4.78, 5) is 16.5. The number of hydrogen-bond acceptors (Lipinski definition) is 4. The smallest absolute Gasteiger partial charge is 0.253 e. The van der Waals surface area contributed by atoms with Crippen LogP contribution in [0.1, 0.15) is 10.4 Å². The number of amides is 1. The minimum Gasteiger partial charge on any atom is -0.497 e. The highest BCUT2D eigenvalue weighted by molar-refractivity contribution is 5.94. The van der Waals surface area contributed by atoms with Gasteiger partial charge >= 0.3 is 0 Å². The Labute approximate surface area is 113 Å². The van der Waals surface area contributed by atoms with Gasteiger partial charge in [-0.15, -0.1) is 0 Å². The van der Waals surface area contributed by atoms with E-state index in [-0.39, 0.29) is 5.91 Å². The number of nitrogens with zero attached hydrogens (tertiary/aromatic N) is 2. The third kappa shape index (κ3) is 3.45. The largest absolute Gasteiger partial charge is 0.497 e. The average molecular weight is 263 g/mol. The van der Waals surface area contributed by atoms with Gasteiger partial charge < -0.3 is 15.4 Å². The van der Waals surface area contributed by atoms with Crippen LogP contribution in [0.3, 0.4) is 0 Å². The maximum Gasteiger partial charge on any atom is 0.253 e. The molecule has 0 unspecified atom stereocenters. The molecule has 0 atom stereocenters. The predicted octanol–water partition coefficient (Wildman–Crippen LogP) is 0.412. The summed E-state index contributed by atoms with van der Waals surface area (Å²) in [6.07, 6.45) is 0. The topological polar surface area (TPSA) is 58.8 Å². The van der Waals surface area contributed by atoms with Crippen LogP contribution >= 0.6 is 0 Å². The number of nitrogens with two attached hydrogens (primary N) is 1. The number of carbonyl (C=O) groups is 1. The Bertz CT molecular complexity index is 411. The Kier molecular flexibility index (Phi) is 4.76. The number of piperazine rings is 1. The summed E-state index contributed by atoms with van der Waals surface area (Å²) in [6, 6.07) is 7.26. The summed E-state index contributed by atoms with van der Waals surface area (Å²) in [6.45, 7) is 4.92.